The first kappa shape index (κ1) is 23.0. The van der Waals surface area contributed by atoms with Gasteiger partial charge >= 0.3 is 182 Å². The van der Waals surface area contributed by atoms with Crippen molar-refractivity contribution in [1.82, 2.24) is 0 Å². The minimum atomic E-state index is -5.68. The van der Waals surface area contributed by atoms with E-state index in [1.54, 1.807) is 12.1 Å². The number of hydrogen-bond acceptors (Lipinski definition) is 3. The van der Waals surface area contributed by atoms with Gasteiger partial charge in [0.05, 0.1) is 0 Å². The molecule has 2 aromatic rings. The Hall–Kier alpha value is 1.75. The van der Waals surface area contributed by atoms with Gasteiger partial charge in [0.2, 0.25) is 0 Å². The van der Waals surface area contributed by atoms with E-state index in [0.717, 1.165) is 0 Å². The molecule has 0 heterocycles. The second kappa shape index (κ2) is 9.02. The normalized spacial score (nSPS) is 11.8. The van der Waals surface area contributed by atoms with Crippen molar-refractivity contribution in [2.75, 3.05) is 0 Å². The molecule has 0 N–H and O–H groups in total. The summed E-state index contributed by atoms with van der Waals surface area (Å²) in [6.07, 6.45) is 0. The molecule has 0 saturated carbocycles. The van der Waals surface area contributed by atoms with Crippen LogP contribution in [0, 0.1) is 0 Å². The fourth-order valence-corrected chi connectivity index (χ4v) is 3.19. The summed E-state index contributed by atoms with van der Waals surface area (Å²) in [6.45, 7) is 0. The molecule has 0 unspecified atom stereocenters. The molecule has 2 rings (SSSR count). The number of benzene rings is 2. The fourth-order valence-electron chi connectivity index (χ4n) is 1.52. The van der Waals surface area contributed by atoms with E-state index in [-0.39, 0.29) is 99.3 Å². The zero-order valence-electron chi connectivity index (χ0n) is 11.4. The molecule has 0 aromatic heterocycles. The van der Waals surface area contributed by atoms with E-state index in [2.05, 4.69) is 0 Å². The Balaban J connectivity index is 0. The zero-order valence-corrected chi connectivity index (χ0v) is 18.3. The van der Waals surface area contributed by atoms with Crippen LogP contribution in [-0.4, -0.2) is 0 Å². The predicted octanol–water partition coefficient (Wildman–Crippen LogP) is -9.97. The van der Waals surface area contributed by atoms with Gasteiger partial charge in [-0.2, -0.15) is 0 Å². The van der Waals surface area contributed by atoms with Crippen molar-refractivity contribution in [1.29, 1.82) is 0 Å². The number of hydrogen-bond donors (Lipinski definition) is 0. The van der Waals surface area contributed by atoms with Gasteiger partial charge < -0.3 is 0 Å². The average Bonchev–Trinajstić information content (AvgIpc) is 2.31. The predicted molar refractivity (Wildman–Crippen MR) is 59.1 cm³/mol. The van der Waals surface area contributed by atoms with Gasteiger partial charge in [-0.15, -0.1) is 0 Å². The van der Waals surface area contributed by atoms with Crippen LogP contribution in [0.1, 0.15) is 0 Å². The van der Waals surface area contributed by atoms with Crippen LogP contribution in [-0.2, 0) is 0 Å². The molecule has 0 radical (unpaired) electrons. The summed E-state index contributed by atoms with van der Waals surface area (Å²) in [5, 5.41) is -0.389. The molecule has 0 saturated heterocycles. The summed E-state index contributed by atoms with van der Waals surface area (Å²) >= 11 is 0. The van der Waals surface area contributed by atoms with Crippen LogP contribution in [0.4, 0.5) is 0 Å². The van der Waals surface area contributed by atoms with Crippen LogP contribution in [0.5, 0.6) is 0 Å². The Kier molecular flexibility index (Phi) is 10.9. The molecule has 7 heteroatoms. The first-order valence-electron chi connectivity index (χ1n) is 4.82. The van der Waals surface area contributed by atoms with Crippen molar-refractivity contribution in [3.63, 3.8) is 0 Å². The molecule has 3 nitrogen and oxygen atoms in total. The molecule has 0 aliphatic carbocycles. The third kappa shape index (κ3) is 5.46. The van der Waals surface area contributed by atoms with Gasteiger partial charge in [0.1, 0.15) is 0 Å². The van der Waals surface area contributed by atoms with E-state index < -0.39 is 7.28 Å². The van der Waals surface area contributed by atoms with Gasteiger partial charge in [-0.05, 0) is 0 Å². The minimum absolute atomic E-state index is 0. The second-order valence-corrected chi connectivity index (χ2v) is 6.35. The van der Waals surface area contributed by atoms with E-state index >= 15 is 0 Å². The third-order valence-corrected chi connectivity index (χ3v) is 4.78. The van der Waals surface area contributed by atoms with Gasteiger partial charge in [0.25, 0.3) is 0 Å². The van der Waals surface area contributed by atoms with E-state index in [1.807, 2.05) is 0 Å². The topological polar surface area (TPSA) is 69.2 Å². The van der Waals surface area contributed by atoms with Crippen LogP contribution < -0.4 is 114 Å². The van der Waals surface area contributed by atoms with Gasteiger partial charge in [0, 0.05) is 0 Å². The SMILES string of the molecule is [Na+].[Na+].[Na+].[O-]P([O-])([O-])(c1ccccc1)c1ccccc1. The average molecular weight is 302 g/mol. The van der Waals surface area contributed by atoms with E-state index in [9.17, 15) is 14.7 Å². The quantitative estimate of drug-likeness (QED) is 0.409. The maximum atomic E-state index is 12.1. The maximum absolute atomic E-state index is 12.1. The molecular formula is C12H10Na3O3P. The van der Waals surface area contributed by atoms with Crippen LogP contribution in [0.2, 0.25) is 0 Å². The molecule has 0 atom stereocenters. The summed E-state index contributed by atoms with van der Waals surface area (Å²) in [6, 6.07) is 14.7. The standard InChI is InChI=1S/C12H10O3P.3Na/c13-16(14,15,11-7-3-1-4-8-11)12-9-5-2-6-10-12;;;/h1-10H;;;/q-3;3*+1. The molecule has 2 aromatic carbocycles. The van der Waals surface area contributed by atoms with Crippen molar-refractivity contribution < 1.29 is 103 Å². The van der Waals surface area contributed by atoms with E-state index in [0.29, 0.717) is 0 Å². The van der Waals surface area contributed by atoms with Crippen LogP contribution in [0.3, 0.4) is 0 Å². The van der Waals surface area contributed by atoms with E-state index in [1.165, 1.54) is 48.5 Å². The zero-order chi connectivity index (χ0) is 11.7. The summed E-state index contributed by atoms with van der Waals surface area (Å²) in [5.41, 5.74) is 0. The Morgan fingerprint density at radius 1 is 0.526 bits per heavy atom. The molecule has 0 amide bonds. The van der Waals surface area contributed by atoms with Gasteiger partial charge in [-0.3, -0.25) is 0 Å². The van der Waals surface area contributed by atoms with Crippen molar-refractivity contribution in [2.45, 2.75) is 0 Å². The van der Waals surface area contributed by atoms with Gasteiger partial charge in [-0.1, -0.05) is 0 Å². The molecule has 0 aliphatic rings. The summed E-state index contributed by atoms with van der Waals surface area (Å²) in [5.74, 6) is 0. The first-order valence-corrected chi connectivity index (χ1v) is 6.81. The fraction of sp³-hybridized carbons (Fsp3) is 0. The molecule has 19 heavy (non-hydrogen) atoms. The Labute approximate surface area is 179 Å². The van der Waals surface area contributed by atoms with Crippen molar-refractivity contribution in [2.24, 2.45) is 0 Å². The van der Waals surface area contributed by atoms with Crippen LogP contribution in [0.15, 0.2) is 60.7 Å². The van der Waals surface area contributed by atoms with Crippen LogP contribution in [0.25, 0.3) is 0 Å². The first-order chi connectivity index (χ1) is 7.49. The monoisotopic (exact) mass is 302 g/mol. The van der Waals surface area contributed by atoms with Gasteiger partial charge in [-0.25, -0.2) is 0 Å². The molecule has 0 aliphatic heterocycles. The molecule has 0 spiro atoms. The van der Waals surface area contributed by atoms with Gasteiger partial charge in [0.15, 0.2) is 0 Å². The Bertz CT molecular complexity index is 442. The summed E-state index contributed by atoms with van der Waals surface area (Å²) in [7, 11) is -5.68. The third-order valence-electron chi connectivity index (χ3n) is 2.40. The second-order valence-electron chi connectivity index (χ2n) is 3.55. The molecule has 0 fully saturated rings. The van der Waals surface area contributed by atoms with E-state index in [4.69, 9.17) is 0 Å². The molecule has 84 valence electrons. The van der Waals surface area contributed by atoms with Crippen molar-refractivity contribution in [3.8, 4) is 0 Å². The Morgan fingerprint density at radius 3 is 1.05 bits per heavy atom. The van der Waals surface area contributed by atoms with Crippen LogP contribution >= 0.6 is 7.28 Å². The Morgan fingerprint density at radius 2 is 0.789 bits per heavy atom. The summed E-state index contributed by atoms with van der Waals surface area (Å²) < 4.78 is 0. The molecular weight excluding hydrogens is 292 g/mol. The van der Waals surface area contributed by atoms with Crippen molar-refractivity contribution in [3.05, 3.63) is 60.7 Å². The van der Waals surface area contributed by atoms with Crippen molar-refractivity contribution >= 4 is 17.9 Å². The number of rotatable bonds is 2. The summed E-state index contributed by atoms with van der Waals surface area (Å²) in [4.78, 5) is 36.3. The molecule has 0 bridgehead atoms.